The third-order valence-electron chi connectivity index (χ3n) is 4.12. The van der Waals surface area contributed by atoms with Crippen molar-refractivity contribution in [2.45, 2.75) is 63.6 Å². The maximum absolute atomic E-state index is 12.1. The Morgan fingerprint density at radius 1 is 1.39 bits per heavy atom. The van der Waals surface area contributed by atoms with Gasteiger partial charge in [-0.05, 0) is 45.4 Å². The highest BCUT2D eigenvalue weighted by Gasteiger charge is 2.27. The van der Waals surface area contributed by atoms with Gasteiger partial charge in [-0.2, -0.15) is 0 Å². The van der Waals surface area contributed by atoms with Gasteiger partial charge in [-0.15, -0.1) is 0 Å². The summed E-state index contributed by atoms with van der Waals surface area (Å²) >= 11 is 0. The lowest BCUT2D eigenvalue weighted by molar-refractivity contribution is -0.131. The number of amides is 1. The van der Waals surface area contributed by atoms with Crippen molar-refractivity contribution in [1.29, 1.82) is 0 Å². The Kier molecular flexibility index (Phi) is 4.62. The molecule has 0 aromatic carbocycles. The van der Waals surface area contributed by atoms with Crippen LogP contribution in [0.2, 0.25) is 0 Å². The summed E-state index contributed by atoms with van der Waals surface area (Å²) in [6.45, 7) is 4.21. The molecule has 0 spiro atoms. The summed E-state index contributed by atoms with van der Waals surface area (Å²) in [6, 6.07) is 0. The number of hydrogen-bond donors (Lipinski definition) is 1. The van der Waals surface area contributed by atoms with Crippen LogP contribution in [0.15, 0.2) is 0 Å². The molecule has 0 aromatic heterocycles. The topological polar surface area (TPSA) is 49.8 Å². The van der Waals surface area contributed by atoms with E-state index < -0.39 is 5.60 Å². The van der Waals surface area contributed by atoms with Crippen LogP contribution in [0, 0.1) is 0 Å². The summed E-state index contributed by atoms with van der Waals surface area (Å²) in [6.07, 6.45) is 6.36. The van der Waals surface area contributed by atoms with Crippen molar-refractivity contribution >= 4 is 5.91 Å². The van der Waals surface area contributed by atoms with Crippen LogP contribution >= 0.6 is 0 Å². The fraction of sp³-hybridized carbons (Fsp3) is 0.929. The molecule has 0 bridgehead atoms. The zero-order valence-electron chi connectivity index (χ0n) is 11.4. The zero-order valence-corrected chi connectivity index (χ0v) is 11.4. The minimum atomic E-state index is -0.594. The molecule has 0 aromatic rings. The number of nitrogens with zero attached hydrogens (tertiary/aromatic N) is 1. The van der Waals surface area contributed by atoms with Crippen LogP contribution in [-0.2, 0) is 9.53 Å². The van der Waals surface area contributed by atoms with Gasteiger partial charge in [-0.3, -0.25) is 4.79 Å². The molecule has 0 radical (unpaired) electrons. The molecule has 1 amide bonds. The molecule has 104 valence electrons. The first kappa shape index (κ1) is 13.8. The first-order valence-electron chi connectivity index (χ1n) is 7.19. The van der Waals surface area contributed by atoms with Gasteiger partial charge in [0, 0.05) is 26.1 Å². The van der Waals surface area contributed by atoms with Crippen molar-refractivity contribution < 1.29 is 14.6 Å². The van der Waals surface area contributed by atoms with Gasteiger partial charge in [0.2, 0.25) is 5.91 Å². The third-order valence-corrected chi connectivity index (χ3v) is 4.12. The number of hydrogen-bond acceptors (Lipinski definition) is 3. The summed E-state index contributed by atoms with van der Waals surface area (Å²) in [4.78, 5) is 14.0. The molecule has 2 unspecified atom stereocenters. The van der Waals surface area contributed by atoms with Gasteiger partial charge >= 0.3 is 0 Å². The van der Waals surface area contributed by atoms with Crippen molar-refractivity contribution in [1.82, 2.24) is 4.90 Å². The first-order chi connectivity index (χ1) is 8.57. The Morgan fingerprint density at radius 3 is 2.94 bits per heavy atom. The third kappa shape index (κ3) is 3.95. The van der Waals surface area contributed by atoms with Crippen molar-refractivity contribution in [3.05, 3.63) is 0 Å². The monoisotopic (exact) mass is 255 g/mol. The highest BCUT2D eigenvalue weighted by Crippen LogP contribution is 2.23. The smallest absolute Gasteiger partial charge is 0.222 e. The van der Waals surface area contributed by atoms with E-state index in [0.29, 0.717) is 25.5 Å². The van der Waals surface area contributed by atoms with Crippen molar-refractivity contribution in [2.75, 3.05) is 19.7 Å². The summed E-state index contributed by atoms with van der Waals surface area (Å²) in [5.41, 5.74) is -0.594. The van der Waals surface area contributed by atoms with Gasteiger partial charge in [0.15, 0.2) is 0 Å². The molecule has 0 saturated carbocycles. The average molecular weight is 255 g/mol. The van der Waals surface area contributed by atoms with E-state index in [1.807, 2.05) is 11.8 Å². The predicted octanol–water partition coefficient (Wildman–Crippen LogP) is 1.71. The second-order valence-electron chi connectivity index (χ2n) is 5.90. The number of rotatable bonds is 3. The van der Waals surface area contributed by atoms with Gasteiger partial charge in [0.25, 0.3) is 0 Å². The molecule has 1 N–H and O–H groups in total. The average Bonchev–Trinajstić information content (AvgIpc) is 2.77. The number of likely N-dealkylation sites (tertiary alicyclic amines) is 1. The van der Waals surface area contributed by atoms with Gasteiger partial charge in [0.1, 0.15) is 0 Å². The van der Waals surface area contributed by atoms with Crippen molar-refractivity contribution in [3.8, 4) is 0 Å². The van der Waals surface area contributed by atoms with E-state index in [1.165, 1.54) is 0 Å². The highest BCUT2D eigenvalue weighted by atomic mass is 16.5. The maximum Gasteiger partial charge on any atom is 0.222 e. The largest absolute Gasteiger partial charge is 0.390 e. The number of ether oxygens (including phenoxy) is 1. The van der Waals surface area contributed by atoms with E-state index in [-0.39, 0.29) is 5.91 Å². The molecule has 2 saturated heterocycles. The van der Waals surface area contributed by atoms with Crippen LogP contribution in [0.1, 0.15) is 51.9 Å². The van der Waals surface area contributed by atoms with Gasteiger partial charge in [-0.25, -0.2) is 0 Å². The van der Waals surface area contributed by atoms with Crippen molar-refractivity contribution in [3.63, 3.8) is 0 Å². The number of carbonyl (C=O) groups is 1. The Balaban J connectivity index is 1.74. The normalized spacial score (nSPS) is 33.4. The Bertz CT molecular complexity index is 285. The Morgan fingerprint density at radius 2 is 2.22 bits per heavy atom. The minimum absolute atomic E-state index is 0.225. The molecule has 4 heteroatoms. The second kappa shape index (κ2) is 6.02. The summed E-state index contributed by atoms with van der Waals surface area (Å²) in [5.74, 6) is 0.225. The summed E-state index contributed by atoms with van der Waals surface area (Å²) in [7, 11) is 0. The molecule has 2 aliphatic rings. The second-order valence-corrected chi connectivity index (χ2v) is 5.90. The summed E-state index contributed by atoms with van der Waals surface area (Å²) < 4.78 is 5.54. The fourth-order valence-electron chi connectivity index (χ4n) is 2.83. The molecule has 2 rings (SSSR count). The molecular formula is C14H25NO3. The molecule has 2 heterocycles. The maximum atomic E-state index is 12.1. The van der Waals surface area contributed by atoms with Crippen LogP contribution in [-0.4, -0.2) is 47.3 Å². The summed E-state index contributed by atoms with van der Waals surface area (Å²) in [5, 5.41) is 10.00. The van der Waals surface area contributed by atoms with Crippen molar-refractivity contribution in [2.24, 2.45) is 0 Å². The fourth-order valence-corrected chi connectivity index (χ4v) is 2.83. The lowest BCUT2D eigenvalue weighted by Crippen LogP contribution is -2.33. The molecule has 18 heavy (non-hydrogen) atoms. The molecule has 4 nitrogen and oxygen atoms in total. The lowest BCUT2D eigenvalue weighted by Gasteiger charge is -2.23. The van der Waals surface area contributed by atoms with Gasteiger partial charge in [0.05, 0.1) is 11.7 Å². The van der Waals surface area contributed by atoms with Crippen LogP contribution in [0.4, 0.5) is 0 Å². The molecular weight excluding hydrogens is 230 g/mol. The zero-order chi connectivity index (χ0) is 13.0. The molecule has 2 aliphatic heterocycles. The Labute approximate surface area is 109 Å². The SMILES string of the molecule is CC1(O)CCCN(C(=O)CCC2CCCO2)CC1. The van der Waals surface area contributed by atoms with E-state index in [1.54, 1.807) is 0 Å². The van der Waals surface area contributed by atoms with Gasteiger partial charge < -0.3 is 14.7 Å². The quantitative estimate of drug-likeness (QED) is 0.835. The standard InChI is InChI=1S/C14H25NO3/c1-14(17)7-3-9-15(10-8-14)13(16)6-5-12-4-2-11-18-12/h12,17H,2-11H2,1H3. The lowest BCUT2D eigenvalue weighted by atomic mass is 9.98. The first-order valence-corrected chi connectivity index (χ1v) is 7.19. The molecule has 0 aliphatic carbocycles. The number of carbonyl (C=O) groups excluding carboxylic acids is 1. The molecule has 2 atom stereocenters. The van der Waals surface area contributed by atoms with Gasteiger partial charge in [-0.1, -0.05) is 0 Å². The van der Waals surface area contributed by atoms with E-state index in [0.717, 1.165) is 45.3 Å². The van der Waals surface area contributed by atoms with Crippen LogP contribution in [0.25, 0.3) is 0 Å². The van der Waals surface area contributed by atoms with Crippen LogP contribution in [0.3, 0.4) is 0 Å². The van der Waals surface area contributed by atoms with E-state index in [4.69, 9.17) is 4.74 Å². The van der Waals surface area contributed by atoms with Crippen LogP contribution in [0.5, 0.6) is 0 Å². The van der Waals surface area contributed by atoms with E-state index in [2.05, 4.69) is 0 Å². The Hall–Kier alpha value is -0.610. The number of aliphatic hydroxyl groups is 1. The molecule has 2 fully saturated rings. The van der Waals surface area contributed by atoms with Crippen LogP contribution < -0.4 is 0 Å². The van der Waals surface area contributed by atoms with E-state index >= 15 is 0 Å². The van der Waals surface area contributed by atoms with E-state index in [9.17, 15) is 9.90 Å². The minimum Gasteiger partial charge on any atom is -0.390 e. The predicted molar refractivity (Wildman–Crippen MR) is 69.3 cm³/mol. The highest BCUT2D eigenvalue weighted by molar-refractivity contribution is 5.76.